The number of ether oxygens (including phenoxy) is 1. The third kappa shape index (κ3) is 2.29. The van der Waals surface area contributed by atoms with Gasteiger partial charge in [0.1, 0.15) is 12.5 Å². The molecule has 2 aromatic rings. The van der Waals surface area contributed by atoms with Gasteiger partial charge in [-0.05, 0) is 0 Å². The van der Waals surface area contributed by atoms with Crippen molar-refractivity contribution in [2.45, 2.75) is 0 Å². The van der Waals surface area contributed by atoms with Gasteiger partial charge in [-0.3, -0.25) is 10.1 Å². The minimum absolute atomic E-state index is 0.171. The van der Waals surface area contributed by atoms with Gasteiger partial charge < -0.3 is 10.5 Å². The fourth-order valence-electron chi connectivity index (χ4n) is 1.23. The molecular weight excluding hydrogens is 258 g/mol. The van der Waals surface area contributed by atoms with Crippen molar-refractivity contribution in [2.75, 3.05) is 12.8 Å². The highest BCUT2D eigenvalue weighted by Gasteiger charge is 2.21. The van der Waals surface area contributed by atoms with Gasteiger partial charge in [0, 0.05) is 0 Å². The van der Waals surface area contributed by atoms with Crippen molar-refractivity contribution in [2.24, 2.45) is 0 Å². The predicted octanol–water partition coefficient (Wildman–Crippen LogP) is -0.666. The Balaban J connectivity index is 2.52. The number of hydrogen-bond donors (Lipinski definition) is 1. The van der Waals surface area contributed by atoms with Crippen molar-refractivity contribution >= 4 is 17.6 Å². The number of nitrogens with two attached hydrogens (primary N) is 1. The van der Waals surface area contributed by atoms with E-state index in [2.05, 4.69) is 24.8 Å². The molecule has 0 saturated carbocycles. The third-order valence-electron chi connectivity index (χ3n) is 2.04. The molecule has 0 fully saturated rings. The number of carbonyl (C=O) groups excluding carboxylic acids is 1. The van der Waals surface area contributed by atoms with Crippen molar-refractivity contribution in [3.63, 3.8) is 0 Å². The summed E-state index contributed by atoms with van der Waals surface area (Å²) in [5.41, 5.74) is 4.94. The number of esters is 1. The van der Waals surface area contributed by atoms with Crippen molar-refractivity contribution in [3.05, 3.63) is 28.5 Å². The number of methoxy groups -OCH3 is 1. The smallest absolute Gasteiger partial charge is 0.377 e. The molecule has 11 heteroatoms. The van der Waals surface area contributed by atoms with Gasteiger partial charge in [0.15, 0.2) is 0 Å². The average Bonchev–Trinajstić information content (AvgIpc) is 2.86. The SMILES string of the molecule is COC(=O)c1ncn(-c2nc(N)ncc2[N+](=O)[O-])n1. The quantitative estimate of drug-likeness (QED) is 0.432. The minimum atomic E-state index is -0.775. The first-order chi connectivity index (χ1) is 9.02. The fraction of sp³-hybridized carbons (Fsp3) is 0.125. The highest BCUT2D eigenvalue weighted by Crippen LogP contribution is 2.19. The lowest BCUT2D eigenvalue weighted by Crippen LogP contribution is -2.09. The Labute approximate surface area is 105 Å². The van der Waals surface area contributed by atoms with Crippen LogP contribution in [0.15, 0.2) is 12.5 Å². The topological polar surface area (TPSA) is 152 Å². The molecule has 2 rings (SSSR count). The summed E-state index contributed by atoms with van der Waals surface area (Å²) in [7, 11) is 1.16. The lowest BCUT2D eigenvalue weighted by atomic mass is 10.5. The Bertz CT molecular complexity index is 652. The highest BCUT2D eigenvalue weighted by atomic mass is 16.6. The van der Waals surface area contributed by atoms with Crippen LogP contribution in [0.3, 0.4) is 0 Å². The van der Waals surface area contributed by atoms with Crippen molar-refractivity contribution in [1.82, 2.24) is 24.7 Å². The largest absolute Gasteiger partial charge is 0.463 e. The molecule has 11 nitrogen and oxygen atoms in total. The molecule has 2 N–H and O–H groups in total. The van der Waals surface area contributed by atoms with E-state index in [1.54, 1.807) is 0 Å². The molecule has 19 heavy (non-hydrogen) atoms. The van der Waals surface area contributed by atoms with Crippen LogP contribution in [-0.2, 0) is 4.74 Å². The van der Waals surface area contributed by atoms with E-state index in [0.717, 1.165) is 24.3 Å². The Kier molecular flexibility index (Phi) is 3.01. The number of anilines is 1. The van der Waals surface area contributed by atoms with Crippen LogP contribution in [0.5, 0.6) is 0 Å². The van der Waals surface area contributed by atoms with Crippen LogP contribution in [0.25, 0.3) is 5.82 Å². The number of nitrogen functional groups attached to an aromatic ring is 1. The molecule has 98 valence electrons. The normalized spacial score (nSPS) is 10.2. The molecule has 0 aliphatic rings. The van der Waals surface area contributed by atoms with Crippen molar-refractivity contribution < 1.29 is 14.5 Å². The van der Waals surface area contributed by atoms with Gasteiger partial charge >= 0.3 is 11.7 Å². The first kappa shape index (κ1) is 12.3. The summed E-state index contributed by atoms with van der Waals surface area (Å²) < 4.78 is 5.37. The standard InChI is InChI=1S/C8H7N7O4/c1-19-7(16)5-11-3-14(13-5)6-4(15(17)18)2-10-8(9)12-6/h2-3H,1H3,(H2,9,10,12). The molecular formula is C8H7N7O4. The molecule has 0 unspecified atom stereocenters. The molecule has 0 radical (unpaired) electrons. The fourth-order valence-corrected chi connectivity index (χ4v) is 1.23. The van der Waals surface area contributed by atoms with Crippen LogP contribution in [-0.4, -0.2) is 42.7 Å². The average molecular weight is 265 g/mol. The van der Waals surface area contributed by atoms with Crippen LogP contribution in [0.4, 0.5) is 11.6 Å². The van der Waals surface area contributed by atoms with Crippen LogP contribution < -0.4 is 5.73 Å². The predicted molar refractivity (Wildman–Crippen MR) is 59.4 cm³/mol. The van der Waals surface area contributed by atoms with Crippen LogP contribution >= 0.6 is 0 Å². The van der Waals surface area contributed by atoms with Gasteiger partial charge in [-0.15, -0.1) is 5.10 Å². The zero-order valence-corrected chi connectivity index (χ0v) is 9.55. The highest BCUT2D eigenvalue weighted by molar-refractivity contribution is 5.84. The zero-order valence-electron chi connectivity index (χ0n) is 9.55. The molecule has 0 bridgehead atoms. The second kappa shape index (κ2) is 4.64. The summed E-state index contributed by atoms with van der Waals surface area (Å²) in [4.78, 5) is 32.2. The molecule has 0 saturated heterocycles. The minimum Gasteiger partial charge on any atom is -0.463 e. The lowest BCUT2D eigenvalue weighted by Gasteiger charge is -2.01. The number of aromatic nitrogens is 5. The van der Waals surface area contributed by atoms with E-state index in [4.69, 9.17) is 5.73 Å². The second-order valence-corrected chi connectivity index (χ2v) is 3.20. The van der Waals surface area contributed by atoms with Crippen LogP contribution in [0.2, 0.25) is 0 Å². The number of rotatable bonds is 3. The first-order valence-corrected chi connectivity index (χ1v) is 4.80. The summed E-state index contributed by atoms with van der Waals surface area (Å²) in [6.07, 6.45) is 2.03. The molecule has 0 spiro atoms. The van der Waals surface area contributed by atoms with Gasteiger partial charge in [-0.25, -0.2) is 14.8 Å². The van der Waals surface area contributed by atoms with Gasteiger partial charge in [0.25, 0.3) is 5.82 Å². The molecule has 0 amide bonds. The number of carbonyl (C=O) groups is 1. The monoisotopic (exact) mass is 265 g/mol. The number of nitrogens with zero attached hydrogens (tertiary/aromatic N) is 6. The molecule has 0 aliphatic carbocycles. The maximum absolute atomic E-state index is 11.2. The van der Waals surface area contributed by atoms with Gasteiger partial charge in [-0.1, -0.05) is 0 Å². The third-order valence-corrected chi connectivity index (χ3v) is 2.04. The van der Waals surface area contributed by atoms with E-state index >= 15 is 0 Å². The van der Waals surface area contributed by atoms with Crippen LogP contribution in [0.1, 0.15) is 10.6 Å². The summed E-state index contributed by atoms with van der Waals surface area (Å²) in [5, 5.41) is 14.6. The molecule has 0 atom stereocenters. The maximum atomic E-state index is 11.2. The molecule has 0 aromatic carbocycles. The van der Waals surface area contributed by atoms with Crippen molar-refractivity contribution in [1.29, 1.82) is 0 Å². The maximum Gasteiger partial charge on any atom is 0.377 e. The molecule has 0 aliphatic heterocycles. The molecule has 2 heterocycles. The van der Waals surface area contributed by atoms with Crippen LogP contribution in [0, 0.1) is 10.1 Å². The van der Waals surface area contributed by atoms with E-state index in [9.17, 15) is 14.9 Å². The number of hydrogen-bond acceptors (Lipinski definition) is 9. The van der Waals surface area contributed by atoms with Crippen molar-refractivity contribution in [3.8, 4) is 5.82 Å². The Morgan fingerprint density at radius 2 is 2.26 bits per heavy atom. The summed E-state index contributed by atoms with van der Waals surface area (Å²) in [5.74, 6) is -1.40. The summed E-state index contributed by atoms with van der Waals surface area (Å²) in [6, 6.07) is 0. The van der Waals surface area contributed by atoms with E-state index in [-0.39, 0.29) is 17.6 Å². The van der Waals surface area contributed by atoms with Gasteiger partial charge in [-0.2, -0.15) is 9.67 Å². The number of nitro groups is 1. The van der Waals surface area contributed by atoms with E-state index in [0.29, 0.717) is 0 Å². The summed E-state index contributed by atoms with van der Waals surface area (Å²) in [6.45, 7) is 0. The zero-order chi connectivity index (χ0) is 14.0. The second-order valence-electron chi connectivity index (χ2n) is 3.20. The van der Waals surface area contributed by atoms with Gasteiger partial charge in [0.05, 0.1) is 12.0 Å². The molecule has 2 aromatic heterocycles. The summed E-state index contributed by atoms with van der Waals surface area (Å²) >= 11 is 0. The lowest BCUT2D eigenvalue weighted by molar-refractivity contribution is -0.385. The van der Waals surface area contributed by atoms with Gasteiger partial charge in [0.2, 0.25) is 11.8 Å². The van der Waals surface area contributed by atoms with E-state index in [1.165, 1.54) is 0 Å². The first-order valence-electron chi connectivity index (χ1n) is 4.80. The Hall–Kier alpha value is -3.11. The van der Waals surface area contributed by atoms with E-state index < -0.39 is 16.6 Å². The van der Waals surface area contributed by atoms with E-state index in [1.807, 2.05) is 0 Å². The Morgan fingerprint density at radius 1 is 1.53 bits per heavy atom. The Morgan fingerprint density at radius 3 is 2.89 bits per heavy atom.